The van der Waals surface area contributed by atoms with E-state index in [4.69, 9.17) is 33.5 Å². The van der Waals surface area contributed by atoms with Gasteiger partial charge in [-0.05, 0) is 24.6 Å². The molecule has 0 spiro atoms. The average molecular weight is 449 g/mol. The zero-order valence-corrected chi connectivity index (χ0v) is 17.3. The molecule has 0 fully saturated rings. The SMILES string of the molecule is NC1=C(C2=NCC(C(=O)O)Cc3conc32)CN(C(=O)c2ccc(Cl)c(Cl)c2)CC1. The van der Waals surface area contributed by atoms with Crippen molar-refractivity contribution in [3.63, 3.8) is 0 Å². The Labute approximate surface area is 181 Å². The van der Waals surface area contributed by atoms with Crippen molar-refractivity contribution in [2.24, 2.45) is 16.6 Å². The van der Waals surface area contributed by atoms with Gasteiger partial charge in [0.1, 0.15) is 12.0 Å². The fourth-order valence-electron chi connectivity index (χ4n) is 3.60. The molecular formula is C20H18Cl2N4O4. The smallest absolute Gasteiger partial charge is 0.308 e. The first kappa shape index (κ1) is 20.4. The molecule has 10 heteroatoms. The van der Waals surface area contributed by atoms with E-state index in [1.165, 1.54) is 12.3 Å². The van der Waals surface area contributed by atoms with Crippen LogP contribution in [0.2, 0.25) is 10.0 Å². The largest absolute Gasteiger partial charge is 0.481 e. The molecule has 1 unspecified atom stereocenters. The summed E-state index contributed by atoms with van der Waals surface area (Å²) < 4.78 is 5.08. The lowest BCUT2D eigenvalue weighted by Gasteiger charge is -2.30. The molecule has 1 amide bonds. The number of aromatic nitrogens is 1. The molecule has 1 aromatic carbocycles. The van der Waals surface area contributed by atoms with Crippen LogP contribution in [0.3, 0.4) is 0 Å². The van der Waals surface area contributed by atoms with Gasteiger partial charge < -0.3 is 20.3 Å². The van der Waals surface area contributed by atoms with Gasteiger partial charge in [-0.1, -0.05) is 28.4 Å². The van der Waals surface area contributed by atoms with Gasteiger partial charge in [0.05, 0.1) is 28.2 Å². The predicted octanol–water partition coefficient (Wildman–Crippen LogP) is 2.79. The monoisotopic (exact) mass is 448 g/mol. The number of carbonyl (C=O) groups is 2. The minimum atomic E-state index is -0.936. The van der Waals surface area contributed by atoms with Gasteiger partial charge in [-0.15, -0.1) is 0 Å². The second-order valence-corrected chi connectivity index (χ2v) is 8.04. The number of benzene rings is 1. The summed E-state index contributed by atoms with van der Waals surface area (Å²) in [5.74, 6) is -1.83. The van der Waals surface area contributed by atoms with Gasteiger partial charge in [0, 0.05) is 41.9 Å². The molecule has 0 saturated carbocycles. The Morgan fingerprint density at radius 3 is 2.80 bits per heavy atom. The van der Waals surface area contributed by atoms with E-state index in [1.54, 1.807) is 17.0 Å². The highest BCUT2D eigenvalue weighted by molar-refractivity contribution is 6.42. The lowest BCUT2D eigenvalue weighted by molar-refractivity contribution is -0.141. The van der Waals surface area contributed by atoms with Crippen LogP contribution in [0.15, 0.2) is 45.2 Å². The summed E-state index contributed by atoms with van der Waals surface area (Å²) in [5.41, 5.74) is 9.54. The zero-order valence-electron chi connectivity index (χ0n) is 15.8. The van der Waals surface area contributed by atoms with Gasteiger partial charge in [0.2, 0.25) is 0 Å². The number of carboxylic acids is 1. The summed E-state index contributed by atoms with van der Waals surface area (Å²) in [6.07, 6.45) is 2.15. The molecule has 0 saturated heterocycles. The lowest BCUT2D eigenvalue weighted by atomic mass is 9.95. The lowest BCUT2D eigenvalue weighted by Crippen LogP contribution is -2.40. The maximum atomic E-state index is 13.0. The van der Waals surface area contributed by atoms with Crippen LogP contribution in [-0.2, 0) is 11.2 Å². The predicted molar refractivity (Wildman–Crippen MR) is 111 cm³/mol. The van der Waals surface area contributed by atoms with Gasteiger partial charge in [0.25, 0.3) is 5.91 Å². The van der Waals surface area contributed by atoms with E-state index < -0.39 is 11.9 Å². The van der Waals surface area contributed by atoms with Crippen LogP contribution in [0.25, 0.3) is 0 Å². The molecule has 1 aromatic heterocycles. The Hall–Kier alpha value is -2.84. The number of hydrogen-bond acceptors (Lipinski definition) is 6. The van der Waals surface area contributed by atoms with Crippen molar-refractivity contribution >= 4 is 40.8 Å². The number of aliphatic imine (C=N–C) groups is 1. The van der Waals surface area contributed by atoms with Gasteiger partial charge in [-0.2, -0.15) is 0 Å². The summed E-state index contributed by atoms with van der Waals surface area (Å²) in [6.45, 7) is 0.747. The number of aliphatic carboxylic acids is 1. The first-order valence-electron chi connectivity index (χ1n) is 9.28. The molecule has 30 heavy (non-hydrogen) atoms. The van der Waals surface area contributed by atoms with Gasteiger partial charge in [0.15, 0.2) is 0 Å². The molecule has 1 atom stereocenters. The minimum absolute atomic E-state index is 0.0958. The number of rotatable bonds is 3. The van der Waals surface area contributed by atoms with Crippen LogP contribution in [0.5, 0.6) is 0 Å². The standard InChI is InChI=1S/C20H18Cl2N4O4/c21-14-2-1-10(6-15(14)22)19(27)26-4-3-16(23)13(8-26)18-17-12(9-30-25-17)5-11(7-24-18)20(28)29/h1-2,6,9,11H,3-5,7-8,23H2,(H,28,29). The molecule has 0 aliphatic carbocycles. The highest BCUT2D eigenvalue weighted by Gasteiger charge is 2.32. The van der Waals surface area contributed by atoms with Gasteiger partial charge >= 0.3 is 5.97 Å². The molecule has 156 valence electrons. The van der Waals surface area contributed by atoms with E-state index in [-0.39, 0.29) is 25.4 Å². The number of nitrogens with zero attached hydrogens (tertiary/aromatic N) is 3. The van der Waals surface area contributed by atoms with Crippen LogP contribution in [0.1, 0.15) is 28.0 Å². The zero-order chi connectivity index (χ0) is 21.4. The quantitative estimate of drug-likeness (QED) is 0.743. The number of carboxylic acid groups (broad SMARTS) is 1. The van der Waals surface area contributed by atoms with Crippen LogP contribution in [0.4, 0.5) is 0 Å². The molecule has 2 aliphatic heterocycles. The van der Waals surface area contributed by atoms with Crippen LogP contribution < -0.4 is 5.73 Å². The van der Waals surface area contributed by atoms with Crippen LogP contribution in [-0.4, -0.2) is 52.4 Å². The van der Waals surface area contributed by atoms with Crippen molar-refractivity contribution in [3.8, 4) is 0 Å². The Morgan fingerprint density at radius 2 is 2.07 bits per heavy atom. The highest BCUT2D eigenvalue weighted by atomic mass is 35.5. The fraction of sp³-hybridized carbons (Fsp3) is 0.300. The Kier molecular flexibility index (Phi) is 5.53. The molecular weight excluding hydrogens is 431 g/mol. The second kappa shape index (κ2) is 8.12. The third-order valence-electron chi connectivity index (χ3n) is 5.28. The van der Waals surface area contributed by atoms with E-state index in [9.17, 15) is 14.7 Å². The minimum Gasteiger partial charge on any atom is -0.481 e. The van der Waals surface area contributed by atoms with Crippen molar-refractivity contribution in [1.82, 2.24) is 10.1 Å². The normalized spacial score (nSPS) is 19.2. The van der Waals surface area contributed by atoms with Crippen LogP contribution in [0, 0.1) is 5.92 Å². The maximum Gasteiger partial charge on any atom is 0.308 e. The number of fused-ring (bicyclic) bond motifs is 1. The Bertz CT molecular complexity index is 1090. The molecule has 3 heterocycles. The van der Waals surface area contributed by atoms with Crippen molar-refractivity contribution in [1.29, 1.82) is 0 Å². The van der Waals surface area contributed by atoms with Crippen molar-refractivity contribution in [2.45, 2.75) is 12.8 Å². The summed E-state index contributed by atoms with van der Waals surface area (Å²) in [7, 11) is 0. The molecule has 2 aromatic rings. The summed E-state index contributed by atoms with van der Waals surface area (Å²) in [5, 5.41) is 14.1. The van der Waals surface area contributed by atoms with Crippen molar-refractivity contribution in [2.75, 3.05) is 19.6 Å². The number of halogens is 2. The first-order chi connectivity index (χ1) is 14.3. The van der Waals surface area contributed by atoms with Gasteiger partial charge in [-0.25, -0.2) is 0 Å². The van der Waals surface area contributed by atoms with Crippen LogP contribution >= 0.6 is 23.2 Å². The Morgan fingerprint density at radius 1 is 1.27 bits per heavy atom. The second-order valence-electron chi connectivity index (χ2n) is 7.23. The highest BCUT2D eigenvalue weighted by Crippen LogP contribution is 2.28. The molecule has 3 N–H and O–H groups in total. The molecule has 0 radical (unpaired) electrons. The number of nitrogens with two attached hydrogens (primary N) is 1. The van der Waals surface area contributed by atoms with E-state index >= 15 is 0 Å². The van der Waals surface area contributed by atoms with E-state index in [1.807, 2.05) is 0 Å². The summed E-state index contributed by atoms with van der Waals surface area (Å²) in [6, 6.07) is 4.73. The third kappa shape index (κ3) is 3.80. The third-order valence-corrected chi connectivity index (χ3v) is 6.02. The van der Waals surface area contributed by atoms with Crippen molar-refractivity contribution < 1.29 is 19.2 Å². The topological polar surface area (TPSA) is 122 Å². The molecule has 4 rings (SSSR count). The van der Waals surface area contributed by atoms with Crippen molar-refractivity contribution in [3.05, 3.63) is 62.6 Å². The fourth-order valence-corrected chi connectivity index (χ4v) is 3.90. The summed E-state index contributed by atoms with van der Waals surface area (Å²) in [4.78, 5) is 30.7. The van der Waals surface area contributed by atoms with E-state index in [2.05, 4.69) is 10.1 Å². The Balaban J connectivity index is 1.65. The number of hydrogen-bond donors (Lipinski definition) is 2. The molecule has 8 nitrogen and oxygen atoms in total. The molecule has 0 bridgehead atoms. The number of carbonyl (C=O) groups excluding carboxylic acids is 1. The van der Waals surface area contributed by atoms with E-state index in [0.717, 1.165) is 0 Å². The molecule has 2 aliphatic rings. The number of amides is 1. The maximum absolute atomic E-state index is 13.0. The average Bonchev–Trinajstić information content (AvgIpc) is 3.10. The first-order valence-corrected chi connectivity index (χ1v) is 10.0. The van der Waals surface area contributed by atoms with Gasteiger partial charge in [-0.3, -0.25) is 14.6 Å². The van der Waals surface area contributed by atoms with E-state index in [0.29, 0.717) is 56.8 Å². The summed E-state index contributed by atoms with van der Waals surface area (Å²) >= 11 is 12.0.